The molecule has 2 fully saturated rings. The van der Waals surface area contributed by atoms with Crippen LogP contribution in [0.3, 0.4) is 0 Å². The van der Waals surface area contributed by atoms with Crippen LogP contribution in [-0.4, -0.2) is 57.1 Å². The standard InChI is InChI=1S/C22H24F3N5O3/c1-13(29-11-17(12-29)33-16-4-2-14(3-5-16)22(23,24)25)19-27-20-18(21(31)28-19)10-26-30(20)15-6-8-32-9-7-15/h2-5,10,13,15,17H,6-9,11-12H2,1H3,(H,27,28,31). The van der Waals surface area contributed by atoms with Crippen molar-refractivity contribution in [2.75, 3.05) is 26.3 Å². The van der Waals surface area contributed by atoms with Crippen LogP contribution >= 0.6 is 0 Å². The van der Waals surface area contributed by atoms with Crippen LogP contribution in [0, 0.1) is 0 Å². The monoisotopic (exact) mass is 463 g/mol. The van der Waals surface area contributed by atoms with Crippen LogP contribution in [-0.2, 0) is 10.9 Å². The maximum Gasteiger partial charge on any atom is 0.416 e. The van der Waals surface area contributed by atoms with Crippen molar-refractivity contribution in [2.24, 2.45) is 0 Å². The molecule has 1 atom stereocenters. The molecule has 8 nitrogen and oxygen atoms in total. The molecule has 176 valence electrons. The molecule has 5 rings (SSSR count). The minimum atomic E-state index is -4.37. The number of fused-ring (bicyclic) bond motifs is 1. The maximum absolute atomic E-state index is 12.7. The van der Waals surface area contributed by atoms with Gasteiger partial charge in [0.2, 0.25) is 0 Å². The fourth-order valence-electron chi connectivity index (χ4n) is 4.30. The summed E-state index contributed by atoms with van der Waals surface area (Å²) in [5, 5.41) is 4.88. The van der Waals surface area contributed by atoms with Gasteiger partial charge in [0.1, 0.15) is 23.1 Å². The normalized spacial score (nSPS) is 19.5. The number of halogens is 3. The molecule has 0 amide bonds. The Bertz CT molecular complexity index is 1180. The second-order valence-electron chi connectivity index (χ2n) is 8.51. The van der Waals surface area contributed by atoms with Gasteiger partial charge in [0, 0.05) is 26.3 Å². The van der Waals surface area contributed by atoms with Gasteiger partial charge < -0.3 is 14.5 Å². The summed E-state index contributed by atoms with van der Waals surface area (Å²) in [6.45, 7) is 4.42. The van der Waals surface area contributed by atoms with Gasteiger partial charge in [-0.2, -0.15) is 18.3 Å². The largest absolute Gasteiger partial charge is 0.488 e. The molecule has 11 heteroatoms. The molecule has 0 saturated carbocycles. The Balaban J connectivity index is 1.26. The third-order valence-electron chi connectivity index (χ3n) is 6.32. The number of hydrogen-bond acceptors (Lipinski definition) is 6. The zero-order valence-corrected chi connectivity index (χ0v) is 18.0. The fourth-order valence-corrected chi connectivity index (χ4v) is 4.30. The summed E-state index contributed by atoms with van der Waals surface area (Å²) in [5.74, 6) is 0.947. The molecule has 1 N–H and O–H groups in total. The second kappa shape index (κ2) is 8.45. The predicted molar refractivity (Wildman–Crippen MR) is 113 cm³/mol. The second-order valence-corrected chi connectivity index (χ2v) is 8.51. The number of hydrogen-bond donors (Lipinski definition) is 1. The maximum atomic E-state index is 12.7. The molecule has 1 aromatic carbocycles. The molecule has 0 aliphatic carbocycles. The zero-order valence-electron chi connectivity index (χ0n) is 18.0. The molecular weight excluding hydrogens is 439 g/mol. The van der Waals surface area contributed by atoms with E-state index in [1.807, 2.05) is 11.6 Å². The molecule has 2 aromatic heterocycles. The van der Waals surface area contributed by atoms with Crippen molar-refractivity contribution in [3.8, 4) is 5.75 Å². The molecule has 0 radical (unpaired) electrons. The lowest BCUT2D eigenvalue weighted by Crippen LogP contribution is -2.54. The van der Waals surface area contributed by atoms with Crippen LogP contribution in [0.25, 0.3) is 11.0 Å². The van der Waals surface area contributed by atoms with Crippen LogP contribution in [0.4, 0.5) is 13.2 Å². The number of aromatic amines is 1. The summed E-state index contributed by atoms with van der Waals surface area (Å²) in [6.07, 6.45) is -1.31. The summed E-state index contributed by atoms with van der Waals surface area (Å²) in [4.78, 5) is 22.3. The van der Waals surface area contributed by atoms with E-state index in [-0.39, 0.29) is 23.7 Å². The topological polar surface area (TPSA) is 85.3 Å². The van der Waals surface area contributed by atoms with Gasteiger partial charge in [0.05, 0.1) is 23.8 Å². The van der Waals surface area contributed by atoms with Gasteiger partial charge in [-0.15, -0.1) is 0 Å². The summed E-state index contributed by atoms with van der Waals surface area (Å²) in [7, 11) is 0. The van der Waals surface area contributed by atoms with Gasteiger partial charge in [-0.3, -0.25) is 9.69 Å². The molecule has 2 aliphatic heterocycles. The van der Waals surface area contributed by atoms with Gasteiger partial charge in [-0.1, -0.05) is 0 Å². The first-order valence-electron chi connectivity index (χ1n) is 10.9. The number of rotatable bonds is 5. The highest BCUT2D eigenvalue weighted by Crippen LogP contribution is 2.32. The van der Waals surface area contributed by atoms with Crippen LogP contribution < -0.4 is 10.3 Å². The number of benzene rings is 1. The highest BCUT2D eigenvalue weighted by atomic mass is 19.4. The Morgan fingerprint density at radius 3 is 2.55 bits per heavy atom. The number of nitrogens with one attached hydrogen (secondary N) is 1. The van der Waals surface area contributed by atoms with Crippen molar-refractivity contribution < 1.29 is 22.6 Å². The first-order chi connectivity index (χ1) is 15.8. The van der Waals surface area contributed by atoms with Crippen LogP contribution in [0.1, 0.15) is 43.2 Å². The Labute approximate surface area is 187 Å². The van der Waals surface area contributed by atoms with Crippen molar-refractivity contribution in [3.05, 3.63) is 52.2 Å². The van der Waals surface area contributed by atoms with Crippen LogP contribution in [0.5, 0.6) is 5.75 Å². The van der Waals surface area contributed by atoms with Crippen molar-refractivity contribution in [1.82, 2.24) is 24.6 Å². The molecule has 3 aromatic rings. The van der Waals surface area contributed by atoms with E-state index in [4.69, 9.17) is 14.5 Å². The number of aromatic nitrogens is 4. The number of likely N-dealkylation sites (tertiary alicyclic amines) is 1. The smallest absolute Gasteiger partial charge is 0.416 e. The Hall–Kier alpha value is -2.92. The molecule has 2 aliphatic rings. The van der Waals surface area contributed by atoms with E-state index in [0.29, 0.717) is 48.9 Å². The Morgan fingerprint density at radius 1 is 1.18 bits per heavy atom. The summed E-state index contributed by atoms with van der Waals surface area (Å²) < 4.78 is 51.2. The van der Waals surface area contributed by atoms with E-state index in [0.717, 1.165) is 25.0 Å². The van der Waals surface area contributed by atoms with Crippen molar-refractivity contribution in [3.63, 3.8) is 0 Å². The van der Waals surface area contributed by atoms with E-state index < -0.39 is 11.7 Å². The molecule has 33 heavy (non-hydrogen) atoms. The van der Waals surface area contributed by atoms with E-state index in [1.165, 1.54) is 12.1 Å². The molecule has 0 bridgehead atoms. The third-order valence-corrected chi connectivity index (χ3v) is 6.32. The number of nitrogens with zero attached hydrogens (tertiary/aromatic N) is 4. The van der Waals surface area contributed by atoms with E-state index in [1.54, 1.807) is 6.20 Å². The Morgan fingerprint density at radius 2 is 1.88 bits per heavy atom. The van der Waals surface area contributed by atoms with Crippen molar-refractivity contribution >= 4 is 11.0 Å². The van der Waals surface area contributed by atoms with Gasteiger partial charge in [-0.05, 0) is 44.0 Å². The van der Waals surface area contributed by atoms with Gasteiger partial charge in [-0.25, -0.2) is 9.67 Å². The first kappa shape index (κ1) is 21.9. The minimum Gasteiger partial charge on any atom is -0.488 e. The van der Waals surface area contributed by atoms with Crippen LogP contribution in [0.15, 0.2) is 35.3 Å². The van der Waals surface area contributed by atoms with E-state index >= 15 is 0 Å². The molecule has 2 saturated heterocycles. The average Bonchev–Trinajstić information content (AvgIpc) is 3.20. The highest BCUT2D eigenvalue weighted by molar-refractivity contribution is 5.73. The average molecular weight is 463 g/mol. The van der Waals surface area contributed by atoms with Gasteiger partial charge in [0.15, 0.2) is 5.65 Å². The lowest BCUT2D eigenvalue weighted by Gasteiger charge is -2.42. The van der Waals surface area contributed by atoms with Gasteiger partial charge in [0.25, 0.3) is 5.56 Å². The van der Waals surface area contributed by atoms with E-state index in [2.05, 4.69) is 15.0 Å². The first-order valence-corrected chi connectivity index (χ1v) is 10.9. The van der Waals surface area contributed by atoms with Crippen molar-refractivity contribution in [2.45, 2.75) is 44.1 Å². The summed E-state index contributed by atoms with van der Waals surface area (Å²) in [6, 6.07) is 4.69. The lowest BCUT2D eigenvalue weighted by molar-refractivity contribution is -0.137. The van der Waals surface area contributed by atoms with Crippen LogP contribution in [0.2, 0.25) is 0 Å². The highest BCUT2D eigenvalue weighted by Gasteiger charge is 2.35. The minimum absolute atomic E-state index is 0.146. The zero-order chi connectivity index (χ0) is 23.2. The predicted octanol–water partition coefficient (Wildman–Crippen LogP) is 3.31. The summed E-state index contributed by atoms with van der Waals surface area (Å²) >= 11 is 0. The van der Waals surface area contributed by atoms with Gasteiger partial charge >= 0.3 is 6.18 Å². The fraction of sp³-hybridized carbons (Fsp3) is 0.500. The molecule has 1 unspecified atom stereocenters. The van der Waals surface area contributed by atoms with Crippen molar-refractivity contribution in [1.29, 1.82) is 0 Å². The summed E-state index contributed by atoms with van der Waals surface area (Å²) in [5.41, 5.74) is -0.354. The SMILES string of the molecule is CC(c1nc2c(cnn2C2CCOCC2)c(=O)[nH]1)N1CC(Oc2ccc(C(F)(F)F)cc2)C1. The molecule has 0 spiro atoms. The number of alkyl halides is 3. The Kier molecular flexibility index (Phi) is 5.61. The number of H-pyrrole nitrogens is 1. The molecular formula is C22H24F3N5O3. The quantitative estimate of drug-likeness (QED) is 0.625. The third kappa shape index (κ3) is 4.34. The molecule has 4 heterocycles. The lowest BCUT2D eigenvalue weighted by atomic mass is 10.1. The van der Waals surface area contributed by atoms with E-state index in [9.17, 15) is 18.0 Å². The number of ether oxygens (including phenoxy) is 2.